The van der Waals surface area contributed by atoms with Crippen LogP contribution in [0.3, 0.4) is 0 Å². The van der Waals surface area contributed by atoms with Gasteiger partial charge in [-0.2, -0.15) is 0 Å². The number of anilines is 3. The highest BCUT2D eigenvalue weighted by atomic mass is 19.1. The van der Waals surface area contributed by atoms with Crippen molar-refractivity contribution in [1.82, 2.24) is 15.1 Å². The normalized spacial score (nSPS) is 23.6. The largest absolute Gasteiger partial charge is 0.503 e. The van der Waals surface area contributed by atoms with Gasteiger partial charge in [0.1, 0.15) is 23.4 Å². The van der Waals surface area contributed by atoms with E-state index in [0.29, 0.717) is 73.4 Å². The van der Waals surface area contributed by atoms with Crippen LogP contribution in [0.5, 0.6) is 11.5 Å². The monoisotopic (exact) mass is 814 g/mol. The standard InChI is InChI=1S/C44H49F3N6O6/c1-59-37-24-35(32(46)23-31(37)40-44(11-2-3-12-44)43(58)53(40)36-22-28(45)21-33(47)39(36)55)51-14-9-26(10-15-51)8-13-49-16-18-50(19-17-49)29-4-5-30-27(20-29)25-52(42(30)57)34-6-7-38(54)48-41(34)56/h4-5,20-24,26,34,40,55H,2-3,6-19,25H2,1H3,(H,48,54,56)/t34-,40-/m0/s1. The molecule has 2 N–H and O–H groups in total. The first-order chi connectivity index (χ1) is 28.4. The first kappa shape index (κ1) is 39.2. The van der Waals surface area contributed by atoms with E-state index in [9.17, 15) is 33.1 Å². The molecule has 5 heterocycles. The van der Waals surface area contributed by atoms with E-state index in [0.717, 1.165) is 82.1 Å². The first-order valence-electron chi connectivity index (χ1n) is 20.8. The molecule has 1 spiro atoms. The number of ether oxygens (including phenoxy) is 1. The number of amides is 4. The molecule has 6 aliphatic rings. The molecule has 5 aliphatic heterocycles. The van der Waals surface area contributed by atoms with E-state index in [1.54, 1.807) is 11.0 Å². The lowest BCUT2D eigenvalue weighted by Crippen LogP contribution is -2.62. The number of phenolic OH excluding ortho intramolecular Hbond substituents is 1. The van der Waals surface area contributed by atoms with Gasteiger partial charge in [0.25, 0.3) is 5.91 Å². The molecule has 15 heteroatoms. The van der Waals surface area contributed by atoms with Gasteiger partial charge in [-0.15, -0.1) is 0 Å². The first-order valence-corrected chi connectivity index (χ1v) is 20.8. The lowest BCUT2D eigenvalue weighted by atomic mass is 9.66. The van der Waals surface area contributed by atoms with E-state index in [1.807, 2.05) is 17.0 Å². The van der Waals surface area contributed by atoms with Gasteiger partial charge in [0.05, 0.1) is 29.9 Å². The van der Waals surface area contributed by atoms with Crippen molar-refractivity contribution in [3.05, 3.63) is 76.6 Å². The van der Waals surface area contributed by atoms with Crippen LogP contribution in [-0.2, 0) is 20.9 Å². The second-order valence-corrected chi connectivity index (χ2v) is 17.0. The number of β-lactam (4-membered cyclic amide) rings is 1. The minimum absolute atomic E-state index is 0.170. The molecule has 3 aromatic carbocycles. The number of halogens is 3. The third-order valence-corrected chi connectivity index (χ3v) is 13.8. The quantitative estimate of drug-likeness (QED) is 0.208. The molecular formula is C44H49F3N6O6. The molecule has 59 heavy (non-hydrogen) atoms. The number of carbonyl (C=O) groups excluding carboxylic acids is 4. The molecule has 9 rings (SSSR count). The number of methoxy groups -OCH3 is 1. The van der Waals surface area contributed by atoms with Crippen LogP contribution in [0.25, 0.3) is 0 Å². The lowest BCUT2D eigenvalue weighted by Gasteiger charge is -2.55. The fraction of sp³-hybridized carbons (Fsp3) is 0.500. The minimum Gasteiger partial charge on any atom is -0.503 e. The summed E-state index contributed by atoms with van der Waals surface area (Å²) in [6.45, 7) is 6.20. The van der Waals surface area contributed by atoms with E-state index in [4.69, 9.17) is 4.74 Å². The summed E-state index contributed by atoms with van der Waals surface area (Å²) >= 11 is 0. The number of nitrogens with one attached hydrogen (secondary N) is 1. The van der Waals surface area contributed by atoms with Crippen molar-refractivity contribution in [2.24, 2.45) is 11.3 Å². The molecule has 4 amide bonds. The van der Waals surface area contributed by atoms with Gasteiger partial charge in [0.2, 0.25) is 17.7 Å². The summed E-state index contributed by atoms with van der Waals surface area (Å²) in [5.74, 6) is -3.72. The molecule has 0 aromatic heterocycles. The van der Waals surface area contributed by atoms with Gasteiger partial charge in [0.15, 0.2) is 11.6 Å². The number of phenols is 1. The Bertz CT molecular complexity index is 2200. The Labute approximate surface area is 340 Å². The van der Waals surface area contributed by atoms with E-state index < -0.39 is 46.6 Å². The topological polar surface area (TPSA) is 126 Å². The Kier molecular flexibility index (Phi) is 10.2. The van der Waals surface area contributed by atoms with E-state index in [2.05, 4.69) is 21.2 Å². The Balaban J connectivity index is 0.795. The predicted octanol–water partition coefficient (Wildman–Crippen LogP) is 5.66. The van der Waals surface area contributed by atoms with Crippen molar-refractivity contribution in [1.29, 1.82) is 0 Å². The number of rotatable bonds is 9. The highest BCUT2D eigenvalue weighted by Crippen LogP contribution is 2.63. The summed E-state index contributed by atoms with van der Waals surface area (Å²) in [7, 11) is 1.49. The fourth-order valence-corrected chi connectivity index (χ4v) is 10.6. The van der Waals surface area contributed by atoms with Crippen molar-refractivity contribution >= 4 is 40.7 Å². The van der Waals surface area contributed by atoms with E-state index in [1.165, 1.54) is 18.1 Å². The average Bonchev–Trinajstić information content (AvgIpc) is 3.87. The van der Waals surface area contributed by atoms with Crippen LogP contribution in [0.15, 0.2) is 42.5 Å². The zero-order valence-electron chi connectivity index (χ0n) is 33.2. The summed E-state index contributed by atoms with van der Waals surface area (Å²) in [6, 6.07) is 9.08. The van der Waals surface area contributed by atoms with Crippen molar-refractivity contribution in [2.45, 2.75) is 76.4 Å². The van der Waals surface area contributed by atoms with Crippen molar-refractivity contribution < 1.29 is 42.2 Å². The molecule has 2 atom stereocenters. The maximum absolute atomic E-state index is 16.2. The molecule has 1 saturated carbocycles. The molecule has 1 aliphatic carbocycles. The van der Waals surface area contributed by atoms with Gasteiger partial charge < -0.3 is 24.5 Å². The highest BCUT2D eigenvalue weighted by Gasteiger charge is 2.63. The number of aromatic hydroxyl groups is 1. The molecule has 3 aromatic rings. The van der Waals surface area contributed by atoms with Gasteiger partial charge in [-0.1, -0.05) is 12.8 Å². The third kappa shape index (κ3) is 6.84. The molecule has 312 valence electrons. The van der Waals surface area contributed by atoms with Crippen LogP contribution in [0.4, 0.5) is 30.2 Å². The van der Waals surface area contributed by atoms with E-state index >= 15 is 4.39 Å². The number of piperazine rings is 1. The highest BCUT2D eigenvalue weighted by molar-refractivity contribution is 6.08. The number of benzene rings is 3. The smallest absolute Gasteiger partial charge is 0.255 e. The second kappa shape index (κ2) is 15.4. The van der Waals surface area contributed by atoms with Gasteiger partial charge >= 0.3 is 0 Å². The summed E-state index contributed by atoms with van der Waals surface area (Å²) in [4.78, 5) is 60.6. The average molecular weight is 815 g/mol. The number of piperidine rings is 2. The number of nitrogens with zero attached hydrogens (tertiary/aromatic N) is 5. The second-order valence-electron chi connectivity index (χ2n) is 17.0. The molecule has 0 bridgehead atoms. The zero-order valence-corrected chi connectivity index (χ0v) is 33.2. The summed E-state index contributed by atoms with van der Waals surface area (Å²) < 4.78 is 50.9. The van der Waals surface area contributed by atoms with Crippen LogP contribution >= 0.6 is 0 Å². The van der Waals surface area contributed by atoms with Crippen molar-refractivity contribution in [2.75, 3.05) is 67.6 Å². The molecule has 0 radical (unpaired) electrons. The maximum Gasteiger partial charge on any atom is 0.255 e. The lowest BCUT2D eigenvalue weighted by molar-refractivity contribution is -0.140. The molecule has 12 nitrogen and oxygen atoms in total. The number of carbonyl (C=O) groups is 4. The Morgan fingerprint density at radius 1 is 0.847 bits per heavy atom. The van der Waals surface area contributed by atoms with Gasteiger partial charge in [-0.05, 0) is 80.8 Å². The van der Waals surface area contributed by atoms with Gasteiger partial charge in [0, 0.05) is 87.2 Å². The number of hydrogen-bond acceptors (Lipinski definition) is 9. The fourth-order valence-electron chi connectivity index (χ4n) is 10.6. The summed E-state index contributed by atoms with van der Waals surface area (Å²) in [5, 5.41) is 12.9. The molecule has 4 saturated heterocycles. The summed E-state index contributed by atoms with van der Waals surface area (Å²) in [6.07, 6.45) is 6.11. The van der Waals surface area contributed by atoms with Crippen molar-refractivity contribution in [3.8, 4) is 11.5 Å². The van der Waals surface area contributed by atoms with Gasteiger partial charge in [-0.3, -0.25) is 34.3 Å². The zero-order chi connectivity index (χ0) is 41.2. The molecular weight excluding hydrogens is 766 g/mol. The van der Waals surface area contributed by atoms with E-state index in [-0.39, 0.29) is 29.8 Å². The van der Waals surface area contributed by atoms with Crippen LogP contribution < -0.4 is 24.8 Å². The molecule has 0 unspecified atom stereocenters. The number of imide groups is 1. The van der Waals surface area contributed by atoms with Crippen LogP contribution in [-0.4, -0.2) is 97.5 Å². The SMILES string of the molecule is COc1cc(N2CCC(CCN3CCN(c4ccc5c(c4)CN([C@H]4CCC(=O)NC4=O)C5=O)CC3)CC2)c(F)cc1[C@@H]1N(c2cc(F)cc(F)c2O)C(=O)C12CCCC2. The number of hydrogen-bond donors (Lipinski definition) is 2. The van der Waals surface area contributed by atoms with Crippen LogP contribution in [0, 0.1) is 28.8 Å². The Morgan fingerprint density at radius 3 is 2.31 bits per heavy atom. The number of fused-ring (bicyclic) bond motifs is 1. The van der Waals surface area contributed by atoms with Gasteiger partial charge in [-0.25, -0.2) is 13.2 Å². The van der Waals surface area contributed by atoms with Crippen LogP contribution in [0.1, 0.15) is 85.3 Å². The van der Waals surface area contributed by atoms with Crippen LogP contribution in [0.2, 0.25) is 0 Å². The maximum atomic E-state index is 16.2. The summed E-state index contributed by atoms with van der Waals surface area (Å²) in [5.41, 5.74) is 2.26. The Morgan fingerprint density at radius 2 is 1.59 bits per heavy atom. The van der Waals surface area contributed by atoms with Crippen molar-refractivity contribution in [3.63, 3.8) is 0 Å². The minimum atomic E-state index is -1.17. The Hall–Kier alpha value is -5.31. The third-order valence-electron chi connectivity index (χ3n) is 13.8. The molecule has 5 fully saturated rings. The predicted molar refractivity (Wildman–Crippen MR) is 213 cm³/mol.